The molecule has 0 aromatic heterocycles. The molecule has 3 aromatic carbocycles. The Morgan fingerprint density at radius 2 is 1.69 bits per heavy atom. The van der Waals surface area contributed by atoms with E-state index < -0.39 is 22.5 Å². The van der Waals surface area contributed by atoms with Gasteiger partial charge in [-0.25, -0.2) is 10.2 Å². The summed E-state index contributed by atoms with van der Waals surface area (Å²) in [4.78, 5) is 47.1. The van der Waals surface area contributed by atoms with Crippen LogP contribution in [0, 0.1) is 10.1 Å². The summed E-state index contributed by atoms with van der Waals surface area (Å²) in [5.74, 6) is -1.80. The second-order valence-electron chi connectivity index (χ2n) is 7.03. The number of hydrazone groups is 1. The molecule has 3 aromatic rings. The summed E-state index contributed by atoms with van der Waals surface area (Å²) in [5, 5.41) is 18.0. The van der Waals surface area contributed by atoms with E-state index in [0.29, 0.717) is 12.1 Å². The van der Waals surface area contributed by atoms with Crippen molar-refractivity contribution < 1.29 is 24.0 Å². The minimum atomic E-state index is -0.791. The first-order valence-corrected chi connectivity index (χ1v) is 11.1. The highest BCUT2D eigenvalue weighted by atomic mass is 79.9. The number of nitrogens with one attached hydrogen (secondary N) is 2. The molecule has 178 valence electrons. The zero-order valence-corrected chi connectivity index (χ0v) is 19.9. The van der Waals surface area contributed by atoms with Crippen LogP contribution >= 0.6 is 15.9 Å². The number of ether oxygens (including phenoxy) is 1. The van der Waals surface area contributed by atoms with Crippen LogP contribution in [0.15, 0.2) is 76.3 Å². The van der Waals surface area contributed by atoms with Gasteiger partial charge in [0.15, 0.2) is 0 Å². The van der Waals surface area contributed by atoms with E-state index in [9.17, 15) is 24.5 Å². The SMILES string of the molecule is CCC(=O)Nc1ccc(C(=O)N/N=C/c2cccc([N+](=O)[O-])c2OC(=O)c2ccc(Br)cc2)cc1. The fraction of sp³-hybridized carbons (Fsp3) is 0.0833. The second-order valence-corrected chi connectivity index (χ2v) is 7.94. The number of hydrogen-bond donors (Lipinski definition) is 2. The lowest BCUT2D eigenvalue weighted by Gasteiger charge is -2.08. The molecule has 0 saturated carbocycles. The summed E-state index contributed by atoms with van der Waals surface area (Å²) in [7, 11) is 0. The zero-order chi connectivity index (χ0) is 25.4. The Bertz CT molecular complexity index is 1290. The Kier molecular flexibility index (Phi) is 8.41. The van der Waals surface area contributed by atoms with Crippen molar-refractivity contribution in [3.05, 3.63) is 98.0 Å². The maximum atomic E-state index is 12.5. The highest BCUT2D eigenvalue weighted by Gasteiger charge is 2.22. The van der Waals surface area contributed by atoms with E-state index in [1.165, 1.54) is 42.5 Å². The smallest absolute Gasteiger partial charge is 0.343 e. The molecule has 0 atom stereocenters. The second kappa shape index (κ2) is 11.7. The average Bonchev–Trinajstić information content (AvgIpc) is 2.85. The quantitative estimate of drug-likeness (QED) is 0.140. The van der Waals surface area contributed by atoms with Crippen LogP contribution in [0.2, 0.25) is 0 Å². The van der Waals surface area contributed by atoms with Gasteiger partial charge in [0.2, 0.25) is 11.7 Å². The van der Waals surface area contributed by atoms with Crippen molar-refractivity contribution in [2.24, 2.45) is 5.10 Å². The Hall–Kier alpha value is -4.38. The predicted molar refractivity (Wildman–Crippen MR) is 133 cm³/mol. The van der Waals surface area contributed by atoms with Crippen molar-refractivity contribution in [1.29, 1.82) is 0 Å². The van der Waals surface area contributed by atoms with Crippen LogP contribution in [0.25, 0.3) is 0 Å². The van der Waals surface area contributed by atoms with E-state index in [0.717, 1.165) is 10.7 Å². The highest BCUT2D eigenvalue weighted by Crippen LogP contribution is 2.31. The largest absolute Gasteiger partial charge is 0.415 e. The summed E-state index contributed by atoms with van der Waals surface area (Å²) in [6, 6.07) is 16.5. The minimum Gasteiger partial charge on any atom is -0.415 e. The van der Waals surface area contributed by atoms with Gasteiger partial charge in [0.25, 0.3) is 5.91 Å². The van der Waals surface area contributed by atoms with E-state index in [-0.39, 0.29) is 28.3 Å². The number of rotatable bonds is 8. The van der Waals surface area contributed by atoms with E-state index in [1.807, 2.05) is 0 Å². The fourth-order valence-corrected chi connectivity index (χ4v) is 3.08. The molecular weight excluding hydrogens is 520 g/mol. The zero-order valence-electron chi connectivity index (χ0n) is 18.4. The summed E-state index contributed by atoms with van der Waals surface area (Å²) in [5.41, 5.74) is 3.01. The number of nitro benzene ring substituents is 1. The maximum absolute atomic E-state index is 12.5. The van der Waals surface area contributed by atoms with E-state index in [4.69, 9.17) is 4.74 Å². The molecule has 0 heterocycles. The lowest BCUT2D eigenvalue weighted by molar-refractivity contribution is -0.385. The van der Waals surface area contributed by atoms with Crippen LogP contribution in [0.4, 0.5) is 11.4 Å². The molecule has 10 nitrogen and oxygen atoms in total. The summed E-state index contributed by atoms with van der Waals surface area (Å²) in [6.07, 6.45) is 1.47. The van der Waals surface area contributed by atoms with E-state index in [2.05, 4.69) is 31.8 Å². The van der Waals surface area contributed by atoms with Gasteiger partial charge in [-0.05, 0) is 54.6 Å². The topological polar surface area (TPSA) is 140 Å². The molecule has 35 heavy (non-hydrogen) atoms. The Balaban J connectivity index is 1.76. The van der Waals surface area contributed by atoms with Crippen LogP contribution in [-0.4, -0.2) is 28.9 Å². The van der Waals surface area contributed by atoms with Crippen LogP contribution < -0.4 is 15.5 Å². The summed E-state index contributed by atoms with van der Waals surface area (Å²) >= 11 is 3.27. The molecule has 0 spiro atoms. The molecule has 0 fully saturated rings. The molecule has 0 aliphatic rings. The monoisotopic (exact) mass is 538 g/mol. The molecule has 0 radical (unpaired) electrons. The van der Waals surface area contributed by atoms with E-state index >= 15 is 0 Å². The number of carbonyl (C=O) groups excluding carboxylic acids is 3. The fourth-order valence-electron chi connectivity index (χ4n) is 2.82. The minimum absolute atomic E-state index is 0.114. The van der Waals surface area contributed by atoms with Gasteiger partial charge in [-0.2, -0.15) is 5.10 Å². The number of esters is 1. The van der Waals surface area contributed by atoms with Gasteiger partial charge in [-0.15, -0.1) is 0 Å². The first-order valence-electron chi connectivity index (χ1n) is 10.3. The van der Waals surface area contributed by atoms with Gasteiger partial charge in [-0.1, -0.05) is 28.9 Å². The van der Waals surface area contributed by atoms with Gasteiger partial charge in [0, 0.05) is 33.8 Å². The highest BCUT2D eigenvalue weighted by molar-refractivity contribution is 9.10. The maximum Gasteiger partial charge on any atom is 0.343 e. The Labute approximate surface area is 208 Å². The lowest BCUT2D eigenvalue weighted by atomic mass is 10.2. The van der Waals surface area contributed by atoms with Crippen molar-refractivity contribution in [1.82, 2.24) is 5.43 Å². The molecule has 0 saturated heterocycles. The normalized spacial score (nSPS) is 10.6. The van der Waals surface area contributed by atoms with Gasteiger partial charge >= 0.3 is 11.7 Å². The van der Waals surface area contributed by atoms with Crippen LogP contribution in [0.3, 0.4) is 0 Å². The predicted octanol–water partition coefficient (Wildman–Crippen LogP) is 4.69. The van der Waals surface area contributed by atoms with E-state index in [1.54, 1.807) is 31.2 Å². The summed E-state index contributed by atoms with van der Waals surface area (Å²) in [6.45, 7) is 1.73. The van der Waals surface area contributed by atoms with Crippen molar-refractivity contribution in [3.8, 4) is 5.75 Å². The molecule has 3 rings (SSSR count). The van der Waals surface area contributed by atoms with Gasteiger partial charge in [0.05, 0.1) is 16.7 Å². The molecule has 0 bridgehead atoms. The number of carbonyl (C=O) groups is 3. The summed E-state index contributed by atoms with van der Waals surface area (Å²) < 4.78 is 6.08. The van der Waals surface area contributed by atoms with Crippen molar-refractivity contribution in [2.75, 3.05) is 5.32 Å². The molecular formula is C24H19BrN4O6. The van der Waals surface area contributed by atoms with Gasteiger partial charge in [0.1, 0.15) is 0 Å². The number of anilines is 1. The van der Waals surface area contributed by atoms with Crippen LogP contribution in [-0.2, 0) is 4.79 Å². The van der Waals surface area contributed by atoms with Crippen molar-refractivity contribution in [2.45, 2.75) is 13.3 Å². The molecule has 2 amide bonds. The standard InChI is InChI=1S/C24H19BrN4O6/c1-2-21(30)27-19-12-8-15(9-13-19)23(31)28-26-14-17-4-3-5-20(29(33)34)22(17)35-24(32)16-6-10-18(25)11-7-16/h3-14H,2H2,1H3,(H,27,30)(H,28,31)/b26-14+. The Morgan fingerprint density at radius 3 is 2.31 bits per heavy atom. The molecule has 11 heteroatoms. The third-order valence-corrected chi connectivity index (χ3v) is 5.15. The van der Waals surface area contributed by atoms with Crippen molar-refractivity contribution >= 4 is 51.3 Å². The van der Waals surface area contributed by atoms with Crippen LogP contribution in [0.1, 0.15) is 39.6 Å². The lowest BCUT2D eigenvalue weighted by Crippen LogP contribution is -2.18. The number of amides is 2. The number of nitro groups is 1. The first-order chi connectivity index (χ1) is 16.8. The molecule has 0 aliphatic carbocycles. The Morgan fingerprint density at radius 1 is 1.03 bits per heavy atom. The molecule has 2 N–H and O–H groups in total. The number of halogens is 1. The molecule has 0 aliphatic heterocycles. The van der Waals surface area contributed by atoms with Gasteiger partial charge < -0.3 is 10.1 Å². The number of nitrogens with zero attached hydrogens (tertiary/aromatic N) is 2. The number of hydrogen-bond acceptors (Lipinski definition) is 7. The van der Waals surface area contributed by atoms with Crippen LogP contribution in [0.5, 0.6) is 5.75 Å². The number of para-hydroxylation sites is 1. The molecule has 0 unspecified atom stereocenters. The third kappa shape index (κ3) is 6.81. The van der Waals surface area contributed by atoms with Crippen molar-refractivity contribution in [3.63, 3.8) is 0 Å². The first kappa shape index (κ1) is 25.2. The number of benzene rings is 3. The average molecular weight is 539 g/mol. The van der Waals surface area contributed by atoms with Gasteiger partial charge in [-0.3, -0.25) is 19.7 Å². The third-order valence-electron chi connectivity index (χ3n) is 4.62.